The quantitative estimate of drug-likeness (QED) is 0.538. The van der Waals surface area contributed by atoms with Gasteiger partial charge in [-0.1, -0.05) is 43.2 Å². The molecule has 1 aliphatic carbocycles. The van der Waals surface area contributed by atoms with Crippen LogP contribution < -0.4 is 10.6 Å². The molecule has 1 saturated carbocycles. The SMILES string of the molecule is O=C(NCCC1CC1)c1cccc(Nc2ccc(/C=C/c3ccccn3)cc2)c1. The molecule has 1 aromatic heterocycles. The fraction of sp³-hybridized carbons (Fsp3) is 0.200. The number of nitrogens with zero attached hydrogens (tertiary/aromatic N) is 1. The molecule has 4 nitrogen and oxygen atoms in total. The van der Waals surface area contributed by atoms with Crippen molar-refractivity contribution in [3.05, 3.63) is 89.7 Å². The van der Waals surface area contributed by atoms with E-state index in [-0.39, 0.29) is 5.91 Å². The molecule has 29 heavy (non-hydrogen) atoms. The molecule has 0 saturated heterocycles. The van der Waals surface area contributed by atoms with Gasteiger partial charge in [0.2, 0.25) is 0 Å². The lowest BCUT2D eigenvalue weighted by atomic mass is 10.1. The van der Waals surface area contributed by atoms with Crippen LogP contribution in [0.25, 0.3) is 12.2 Å². The van der Waals surface area contributed by atoms with Gasteiger partial charge in [0.25, 0.3) is 5.91 Å². The van der Waals surface area contributed by atoms with Crippen molar-refractivity contribution < 1.29 is 4.79 Å². The fourth-order valence-electron chi connectivity index (χ4n) is 3.14. The average Bonchev–Trinajstić information content (AvgIpc) is 3.59. The molecular weight excluding hydrogens is 358 g/mol. The lowest BCUT2D eigenvalue weighted by Crippen LogP contribution is -2.24. The van der Waals surface area contributed by atoms with E-state index in [0.717, 1.165) is 41.5 Å². The Morgan fingerprint density at radius 3 is 2.59 bits per heavy atom. The largest absolute Gasteiger partial charge is 0.356 e. The summed E-state index contributed by atoms with van der Waals surface area (Å²) in [4.78, 5) is 16.6. The van der Waals surface area contributed by atoms with Crippen LogP contribution in [0.4, 0.5) is 11.4 Å². The van der Waals surface area contributed by atoms with Gasteiger partial charge in [0, 0.05) is 29.7 Å². The van der Waals surface area contributed by atoms with E-state index in [4.69, 9.17) is 0 Å². The molecule has 2 N–H and O–H groups in total. The van der Waals surface area contributed by atoms with Gasteiger partial charge in [0.15, 0.2) is 0 Å². The summed E-state index contributed by atoms with van der Waals surface area (Å²) >= 11 is 0. The van der Waals surface area contributed by atoms with Crippen LogP contribution in [0.15, 0.2) is 72.9 Å². The molecule has 0 spiro atoms. The third kappa shape index (κ3) is 5.79. The maximum atomic E-state index is 12.3. The highest BCUT2D eigenvalue weighted by molar-refractivity contribution is 5.95. The van der Waals surface area contributed by atoms with Gasteiger partial charge in [0.1, 0.15) is 0 Å². The number of nitrogens with one attached hydrogen (secondary N) is 2. The summed E-state index contributed by atoms with van der Waals surface area (Å²) in [7, 11) is 0. The number of benzene rings is 2. The van der Waals surface area contributed by atoms with Gasteiger partial charge < -0.3 is 10.6 Å². The highest BCUT2D eigenvalue weighted by Crippen LogP contribution is 2.31. The Hall–Kier alpha value is -3.40. The monoisotopic (exact) mass is 383 g/mol. The molecule has 0 radical (unpaired) electrons. The van der Waals surface area contributed by atoms with Gasteiger partial charge in [-0.2, -0.15) is 0 Å². The van der Waals surface area contributed by atoms with Gasteiger partial charge in [-0.15, -0.1) is 0 Å². The third-order valence-corrected chi connectivity index (χ3v) is 4.99. The lowest BCUT2D eigenvalue weighted by Gasteiger charge is -2.09. The van der Waals surface area contributed by atoms with Gasteiger partial charge in [-0.25, -0.2) is 0 Å². The van der Waals surface area contributed by atoms with E-state index >= 15 is 0 Å². The zero-order valence-electron chi connectivity index (χ0n) is 16.3. The van der Waals surface area contributed by atoms with E-state index in [1.807, 2.05) is 66.7 Å². The number of amides is 1. The van der Waals surface area contributed by atoms with E-state index in [2.05, 4.69) is 27.8 Å². The predicted octanol–water partition coefficient (Wildman–Crippen LogP) is 5.53. The van der Waals surface area contributed by atoms with Crippen molar-refractivity contribution in [1.82, 2.24) is 10.3 Å². The highest BCUT2D eigenvalue weighted by atomic mass is 16.1. The van der Waals surface area contributed by atoms with Crippen LogP contribution in [0, 0.1) is 5.92 Å². The number of rotatable bonds is 8. The minimum atomic E-state index is -0.00990. The number of pyridine rings is 1. The number of aromatic nitrogens is 1. The Balaban J connectivity index is 1.35. The molecule has 146 valence electrons. The molecule has 4 heteroatoms. The van der Waals surface area contributed by atoms with E-state index in [1.165, 1.54) is 12.8 Å². The molecule has 2 aromatic carbocycles. The van der Waals surface area contributed by atoms with Crippen molar-refractivity contribution in [2.45, 2.75) is 19.3 Å². The molecule has 1 amide bonds. The van der Waals surface area contributed by atoms with Crippen molar-refractivity contribution >= 4 is 29.4 Å². The molecule has 0 bridgehead atoms. The second-order valence-corrected chi connectivity index (χ2v) is 7.40. The molecule has 1 fully saturated rings. The Morgan fingerprint density at radius 2 is 1.83 bits per heavy atom. The smallest absolute Gasteiger partial charge is 0.251 e. The Labute approximate surface area is 171 Å². The van der Waals surface area contributed by atoms with Crippen LogP contribution in [-0.2, 0) is 0 Å². The second-order valence-electron chi connectivity index (χ2n) is 7.40. The number of hydrogen-bond donors (Lipinski definition) is 2. The maximum Gasteiger partial charge on any atom is 0.251 e. The summed E-state index contributed by atoms with van der Waals surface area (Å²) in [5, 5.41) is 6.38. The van der Waals surface area contributed by atoms with E-state index in [9.17, 15) is 4.79 Å². The zero-order chi connectivity index (χ0) is 19.9. The third-order valence-electron chi connectivity index (χ3n) is 4.99. The Morgan fingerprint density at radius 1 is 0.966 bits per heavy atom. The summed E-state index contributed by atoms with van der Waals surface area (Å²) in [6.07, 6.45) is 9.53. The minimum Gasteiger partial charge on any atom is -0.356 e. The molecule has 4 rings (SSSR count). The molecule has 0 unspecified atom stereocenters. The van der Waals surface area contributed by atoms with Crippen molar-refractivity contribution in [1.29, 1.82) is 0 Å². The number of carbonyl (C=O) groups is 1. The van der Waals surface area contributed by atoms with Crippen LogP contribution in [0.3, 0.4) is 0 Å². The first-order valence-corrected chi connectivity index (χ1v) is 10.1. The second kappa shape index (κ2) is 9.20. The highest BCUT2D eigenvalue weighted by Gasteiger charge is 2.20. The van der Waals surface area contributed by atoms with Crippen molar-refractivity contribution in [2.24, 2.45) is 5.92 Å². The predicted molar refractivity (Wildman–Crippen MR) is 119 cm³/mol. The molecule has 1 heterocycles. The first-order chi connectivity index (χ1) is 14.3. The Bertz CT molecular complexity index is 976. The zero-order valence-corrected chi connectivity index (χ0v) is 16.3. The van der Waals surface area contributed by atoms with Crippen LogP contribution in [0.1, 0.15) is 40.9 Å². The van der Waals surface area contributed by atoms with Crippen LogP contribution in [-0.4, -0.2) is 17.4 Å². The molecular formula is C25H25N3O. The summed E-state index contributed by atoms with van der Waals surface area (Å²) in [6, 6.07) is 21.6. The van der Waals surface area contributed by atoms with E-state index in [1.54, 1.807) is 6.20 Å². The maximum absolute atomic E-state index is 12.3. The first-order valence-electron chi connectivity index (χ1n) is 10.1. The molecule has 0 aliphatic heterocycles. The molecule has 3 aromatic rings. The molecule has 0 atom stereocenters. The first kappa shape index (κ1) is 18.9. The summed E-state index contributed by atoms with van der Waals surface area (Å²) in [6.45, 7) is 0.759. The van der Waals surface area contributed by atoms with Gasteiger partial charge in [0.05, 0.1) is 5.69 Å². The average molecular weight is 383 g/mol. The van der Waals surface area contributed by atoms with Crippen LogP contribution >= 0.6 is 0 Å². The topological polar surface area (TPSA) is 54.0 Å². The lowest BCUT2D eigenvalue weighted by molar-refractivity contribution is 0.0952. The standard InChI is InChI=1S/C25H25N3O/c29-25(27-17-15-20-7-8-20)21-4-3-6-24(18-21)28-23-13-10-19(11-14-23)9-12-22-5-1-2-16-26-22/h1-6,9-14,16,18,20,28H,7-8,15,17H2,(H,27,29)/b12-9+. The van der Waals surface area contributed by atoms with Crippen molar-refractivity contribution in [3.8, 4) is 0 Å². The van der Waals surface area contributed by atoms with Gasteiger partial charge in [-0.3, -0.25) is 9.78 Å². The Kier molecular flexibility index (Phi) is 6.01. The minimum absolute atomic E-state index is 0.00990. The van der Waals surface area contributed by atoms with Crippen molar-refractivity contribution in [3.63, 3.8) is 0 Å². The van der Waals surface area contributed by atoms with Crippen LogP contribution in [0.5, 0.6) is 0 Å². The van der Waals surface area contributed by atoms with Gasteiger partial charge >= 0.3 is 0 Å². The normalized spacial score (nSPS) is 13.4. The summed E-state index contributed by atoms with van der Waals surface area (Å²) < 4.78 is 0. The number of carbonyl (C=O) groups excluding carboxylic acids is 1. The fourth-order valence-corrected chi connectivity index (χ4v) is 3.14. The van der Waals surface area contributed by atoms with Crippen molar-refractivity contribution in [2.75, 3.05) is 11.9 Å². The number of hydrogen-bond acceptors (Lipinski definition) is 3. The summed E-state index contributed by atoms with van der Waals surface area (Å²) in [5.41, 5.74) is 4.59. The van der Waals surface area contributed by atoms with E-state index in [0.29, 0.717) is 5.56 Å². The molecule has 1 aliphatic rings. The van der Waals surface area contributed by atoms with E-state index < -0.39 is 0 Å². The number of anilines is 2. The van der Waals surface area contributed by atoms with Gasteiger partial charge in [-0.05, 0) is 66.4 Å². The summed E-state index contributed by atoms with van der Waals surface area (Å²) in [5.74, 6) is 0.814. The van der Waals surface area contributed by atoms with Crippen LogP contribution in [0.2, 0.25) is 0 Å².